The Kier molecular flexibility index (Phi) is 62.7. The van der Waals surface area contributed by atoms with Gasteiger partial charge in [0.1, 0.15) is 13.2 Å². The highest BCUT2D eigenvalue weighted by molar-refractivity contribution is 5.71. The fourth-order valence-corrected chi connectivity index (χ4v) is 9.66. The summed E-state index contributed by atoms with van der Waals surface area (Å²) < 4.78 is 16.9. The van der Waals surface area contributed by atoms with Crippen molar-refractivity contribution < 1.29 is 28.6 Å². The number of allylic oxidation sites excluding steroid dienone is 12. The van der Waals surface area contributed by atoms with Crippen molar-refractivity contribution in [3.63, 3.8) is 0 Å². The van der Waals surface area contributed by atoms with Crippen molar-refractivity contribution in [1.29, 1.82) is 0 Å². The predicted molar refractivity (Wildman–Crippen MR) is 335 cm³/mol. The Hall–Kier alpha value is -3.15. The van der Waals surface area contributed by atoms with Crippen LogP contribution in [0, 0.1) is 0 Å². The smallest absolute Gasteiger partial charge is 0.306 e. The summed E-state index contributed by atoms with van der Waals surface area (Å²) in [7, 11) is 0. The molecule has 0 aromatic rings. The lowest BCUT2D eigenvalue weighted by molar-refractivity contribution is -0.167. The van der Waals surface area contributed by atoms with Crippen LogP contribution in [-0.4, -0.2) is 37.2 Å². The maximum absolute atomic E-state index is 12.9. The van der Waals surface area contributed by atoms with Gasteiger partial charge in [-0.05, 0) is 109 Å². The van der Waals surface area contributed by atoms with Crippen molar-refractivity contribution in [2.45, 2.75) is 348 Å². The summed E-state index contributed by atoms with van der Waals surface area (Å²) in [5, 5.41) is 0. The van der Waals surface area contributed by atoms with Crippen LogP contribution in [0.15, 0.2) is 72.9 Å². The maximum atomic E-state index is 12.9. The molecule has 0 aromatic heterocycles. The highest BCUT2D eigenvalue weighted by atomic mass is 16.6. The van der Waals surface area contributed by atoms with Crippen LogP contribution in [0.5, 0.6) is 0 Å². The molecule has 6 heteroatoms. The molecule has 77 heavy (non-hydrogen) atoms. The van der Waals surface area contributed by atoms with Gasteiger partial charge in [0.05, 0.1) is 0 Å². The largest absolute Gasteiger partial charge is 0.462 e. The minimum atomic E-state index is -0.790. The molecule has 0 radical (unpaired) electrons. The van der Waals surface area contributed by atoms with Crippen molar-refractivity contribution in [2.75, 3.05) is 13.2 Å². The number of carbonyl (C=O) groups is 3. The van der Waals surface area contributed by atoms with Crippen molar-refractivity contribution >= 4 is 17.9 Å². The van der Waals surface area contributed by atoms with E-state index in [0.29, 0.717) is 19.3 Å². The summed E-state index contributed by atoms with van der Waals surface area (Å²) >= 11 is 0. The van der Waals surface area contributed by atoms with Crippen LogP contribution >= 0.6 is 0 Å². The number of carbonyl (C=O) groups excluding carboxylic acids is 3. The molecular weight excluding hydrogens is 949 g/mol. The van der Waals surface area contributed by atoms with Crippen LogP contribution in [0.4, 0.5) is 0 Å². The fraction of sp³-hybridized carbons (Fsp3) is 0.789. The van der Waals surface area contributed by atoms with Gasteiger partial charge in [0.25, 0.3) is 0 Å². The van der Waals surface area contributed by atoms with Crippen LogP contribution in [0.1, 0.15) is 342 Å². The average molecular weight is 1080 g/mol. The zero-order valence-corrected chi connectivity index (χ0v) is 51.2. The topological polar surface area (TPSA) is 78.9 Å². The average Bonchev–Trinajstić information content (AvgIpc) is 3.43. The summed E-state index contributed by atoms with van der Waals surface area (Å²) in [5.41, 5.74) is 0. The molecule has 0 aliphatic heterocycles. The zero-order valence-electron chi connectivity index (χ0n) is 51.2. The first-order valence-corrected chi connectivity index (χ1v) is 33.4. The van der Waals surface area contributed by atoms with Crippen LogP contribution in [0.3, 0.4) is 0 Å². The number of unbranched alkanes of at least 4 members (excludes halogenated alkanes) is 38. The third-order valence-electron chi connectivity index (χ3n) is 14.7. The monoisotopic (exact) mass is 1070 g/mol. The van der Waals surface area contributed by atoms with E-state index < -0.39 is 6.10 Å². The summed E-state index contributed by atoms with van der Waals surface area (Å²) in [4.78, 5) is 38.3. The molecule has 0 fully saturated rings. The molecular formula is C71H126O6. The zero-order chi connectivity index (χ0) is 55.7. The number of rotatable bonds is 61. The van der Waals surface area contributed by atoms with Gasteiger partial charge in [-0.3, -0.25) is 14.4 Å². The van der Waals surface area contributed by atoms with Crippen molar-refractivity contribution in [1.82, 2.24) is 0 Å². The molecule has 0 amide bonds. The van der Waals surface area contributed by atoms with Gasteiger partial charge in [0.15, 0.2) is 6.10 Å². The molecule has 0 aliphatic rings. The number of hydrogen-bond donors (Lipinski definition) is 0. The van der Waals surface area contributed by atoms with Gasteiger partial charge >= 0.3 is 17.9 Å². The van der Waals surface area contributed by atoms with Gasteiger partial charge in [-0.1, -0.05) is 286 Å². The first kappa shape index (κ1) is 73.8. The number of esters is 3. The highest BCUT2D eigenvalue weighted by Gasteiger charge is 2.19. The van der Waals surface area contributed by atoms with Crippen LogP contribution < -0.4 is 0 Å². The fourth-order valence-electron chi connectivity index (χ4n) is 9.66. The van der Waals surface area contributed by atoms with Gasteiger partial charge in [0, 0.05) is 19.3 Å². The van der Waals surface area contributed by atoms with Crippen LogP contribution in [0.25, 0.3) is 0 Å². The molecule has 0 N–H and O–H groups in total. The second-order valence-corrected chi connectivity index (χ2v) is 22.3. The molecule has 6 nitrogen and oxygen atoms in total. The van der Waals surface area contributed by atoms with Gasteiger partial charge in [-0.2, -0.15) is 0 Å². The summed E-state index contributed by atoms with van der Waals surface area (Å²) in [6, 6.07) is 0. The standard InChI is InChI=1S/C71H126O6/c1-4-7-10-13-16-19-22-25-27-29-31-33-35-37-39-41-43-46-49-52-55-58-61-64-70(73)76-67-68(66-75-69(72)63-60-57-54-51-48-45-24-21-18-15-12-9-6-3)77-71(74)65-62-59-56-53-50-47-44-42-40-38-36-34-32-30-28-26-23-20-17-14-11-8-5-2/h9,12,18,21-22,25,29-32,45,48,68H,4-8,10-11,13-17,19-20,23-24,26-28,33-44,46-47,49-67H2,1-3H3/b12-9-,21-18-,25-22-,31-29-,32-30-,48-45-. The molecule has 0 aromatic carbocycles. The summed E-state index contributed by atoms with van der Waals surface area (Å²) in [6.07, 6.45) is 84.9. The third-order valence-corrected chi connectivity index (χ3v) is 14.7. The lowest BCUT2D eigenvalue weighted by Gasteiger charge is -2.18. The maximum Gasteiger partial charge on any atom is 0.306 e. The van der Waals surface area contributed by atoms with Crippen molar-refractivity contribution in [3.05, 3.63) is 72.9 Å². The first-order valence-electron chi connectivity index (χ1n) is 33.4. The molecule has 0 aliphatic carbocycles. The molecule has 0 saturated heterocycles. The van der Waals surface area contributed by atoms with Crippen molar-refractivity contribution in [2.24, 2.45) is 0 Å². The second kappa shape index (κ2) is 65.4. The van der Waals surface area contributed by atoms with Gasteiger partial charge in [-0.15, -0.1) is 0 Å². The molecule has 0 saturated carbocycles. The number of hydrogen-bond acceptors (Lipinski definition) is 6. The minimum Gasteiger partial charge on any atom is -0.462 e. The Balaban J connectivity index is 4.30. The Morgan fingerprint density at radius 1 is 0.273 bits per heavy atom. The molecule has 1 atom stereocenters. The van der Waals surface area contributed by atoms with Gasteiger partial charge in [0.2, 0.25) is 0 Å². The summed E-state index contributed by atoms with van der Waals surface area (Å²) in [6.45, 7) is 6.53. The highest BCUT2D eigenvalue weighted by Crippen LogP contribution is 2.17. The van der Waals surface area contributed by atoms with Gasteiger partial charge in [-0.25, -0.2) is 0 Å². The first-order chi connectivity index (χ1) is 38.0. The predicted octanol–water partition coefficient (Wildman–Crippen LogP) is 22.9. The molecule has 446 valence electrons. The number of ether oxygens (including phenoxy) is 3. The second-order valence-electron chi connectivity index (χ2n) is 22.3. The third kappa shape index (κ3) is 63.6. The SMILES string of the molecule is CC/C=C\C/C=C\C/C=C\CCCCCC(=O)OCC(COC(=O)CCCCCCCCCCCCC/C=C\C/C=C\CCCCCCC)OC(=O)CCCCCCCCCCCCC/C=C\CCCCCCCCCC. The van der Waals surface area contributed by atoms with Crippen molar-refractivity contribution in [3.8, 4) is 0 Å². The molecule has 0 spiro atoms. The minimum absolute atomic E-state index is 0.0844. The van der Waals surface area contributed by atoms with E-state index in [0.717, 1.165) is 89.9 Å². The Bertz CT molecular complexity index is 1420. The molecule has 0 bridgehead atoms. The summed E-state index contributed by atoms with van der Waals surface area (Å²) in [5.74, 6) is -0.902. The Morgan fingerprint density at radius 3 is 0.818 bits per heavy atom. The van der Waals surface area contributed by atoms with E-state index in [1.807, 2.05) is 0 Å². The lowest BCUT2D eigenvalue weighted by atomic mass is 10.0. The molecule has 1 unspecified atom stereocenters. The Labute approximate surface area is 478 Å². The van der Waals surface area contributed by atoms with E-state index in [-0.39, 0.29) is 31.1 Å². The Morgan fingerprint density at radius 2 is 0.506 bits per heavy atom. The molecule has 0 heterocycles. The normalized spacial score (nSPS) is 12.5. The quantitative estimate of drug-likeness (QED) is 0.0261. The van der Waals surface area contributed by atoms with E-state index in [1.165, 1.54) is 212 Å². The van der Waals surface area contributed by atoms with E-state index in [9.17, 15) is 14.4 Å². The molecule has 0 rings (SSSR count). The van der Waals surface area contributed by atoms with Gasteiger partial charge < -0.3 is 14.2 Å². The van der Waals surface area contributed by atoms with Crippen LogP contribution in [0.2, 0.25) is 0 Å². The lowest BCUT2D eigenvalue weighted by Crippen LogP contribution is -2.30. The van der Waals surface area contributed by atoms with E-state index in [4.69, 9.17) is 14.2 Å². The van der Waals surface area contributed by atoms with E-state index in [2.05, 4.69) is 93.7 Å². The van der Waals surface area contributed by atoms with Crippen LogP contribution in [-0.2, 0) is 28.6 Å². The van der Waals surface area contributed by atoms with E-state index >= 15 is 0 Å². The van der Waals surface area contributed by atoms with E-state index in [1.54, 1.807) is 0 Å².